The Morgan fingerprint density at radius 2 is 0.569 bits per heavy atom. The van der Waals surface area contributed by atoms with E-state index in [1.54, 1.807) is 12.1 Å². The average molecular weight is 736 g/mol. The van der Waals surface area contributed by atoms with Gasteiger partial charge in [0.2, 0.25) is 0 Å². The van der Waals surface area contributed by atoms with Gasteiger partial charge in [-0.25, -0.2) is 0 Å². The highest BCUT2D eigenvalue weighted by molar-refractivity contribution is 5.41. The van der Waals surface area contributed by atoms with Gasteiger partial charge in [0.05, 0.1) is 152 Å². The normalized spacial score (nSPS) is 11.5. The number of ether oxygens (including phenoxy) is 13. The minimum Gasteiger partial charge on any atom is -0.491 e. The van der Waals surface area contributed by atoms with E-state index in [-0.39, 0.29) is 0 Å². The fourth-order valence-corrected chi connectivity index (χ4v) is 4.11. The minimum absolute atomic E-state index is 0.475. The molecule has 0 aliphatic rings. The molecule has 0 amide bonds. The van der Waals surface area contributed by atoms with Crippen LogP contribution in [0.15, 0.2) is 24.3 Å². The van der Waals surface area contributed by atoms with Gasteiger partial charge in [-0.2, -0.15) is 0 Å². The van der Waals surface area contributed by atoms with Crippen LogP contribution < -0.4 is 10.5 Å². The van der Waals surface area contributed by atoms with E-state index in [9.17, 15) is 0 Å². The van der Waals surface area contributed by atoms with Gasteiger partial charge in [0, 0.05) is 12.3 Å². The third-order valence-electron chi connectivity index (χ3n) is 6.86. The van der Waals surface area contributed by atoms with Crippen LogP contribution in [0.25, 0.3) is 0 Å². The topological polar surface area (TPSA) is 146 Å². The number of unbranched alkanes of at least 4 members (excludes halogenated alkanes) is 4. The number of hydrogen-bond donors (Lipinski definition) is 1. The Labute approximate surface area is 307 Å². The van der Waals surface area contributed by atoms with Crippen molar-refractivity contribution in [1.29, 1.82) is 0 Å². The molecule has 14 nitrogen and oxygen atoms in total. The first kappa shape index (κ1) is 47.4. The van der Waals surface area contributed by atoms with Crippen LogP contribution >= 0.6 is 0 Å². The van der Waals surface area contributed by atoms with Gasteiger partial charge in [-0.3, -0.25) is 0 Å². The Balaban J connectivity index is 1.61. The molecule has 14 heteroatoms. The molecule has 0 saturated heterocycles. The van der Waals surface area contributed by atoms with Crippen molar-refractivity contribution in [3.8, 4) is 5.75 Å². The lowest BCUT2D eigenvalue weighted by Crippen LogP contribution is -2.15. The molecule has 1 aromatic carbocycles. The molecule has 0 spiro atoms. The average Bonchev–Trinajstić information content (AvgIpc) is 3.14. The van der Waals surface area contributed by atoms with Crippen molar-refractivity contribution in [3.05, 3.63) is 24.3 Å². The molecule has 0 radical (unpaired) electrons. The van der Waals surface area contributed by atoms with Crippen molar-refractivity contribution in [3.63, 3.8) is 0 Å². The Hall–Kier alpha value is -1.66. The molecule has 0 saturated carbocycles. The maximum Gasteiger partial charge on any atom is 0.119 e. The van der Waals surface area contributed by atoms with E-state index in [2.05, 4.69) is 6.92 Å². The standard InChI is InChI=1S/C37H69NO13/c1-2-3-4-5-6-11-39-12-13-40-14-15-41-16-17-42-18-19-43-20-21-44-22-23-45-24-25-46-26-27-47-28-29-48-30-31-49-32-33-50-34-35-51-37-9-7-36(38)8-10-37/h7-10H,2-6,11-35,38H2,1H3. The zero-order valence-corrected chi connectivity index (χ0v) is 31.4. The summed E-state index contributed by atoms with van der Waals surface area (Å²) in [6, 6.07) is 7.27. The molecule has 0 fully saturated rings. The summed E-state index contributed by atoms with van der Waals surface area (Å²) >= 11 is 0. The number of benzene rings is 1. The van der Waals surface area contributed by atoms with Gasteiger partial charge in [0.1, 0.15) is 12.4 Å². The summed E-state index contributed by atoms with van der Waals surface area (Å²) in [5.41, 5.74) is 6.36. The van der Waals surface area contributed by atoms with E-state index in [1.807, 2.05) is 12.1 Å². The SMILES string of the molecule is CCCCCCCOCCOCCOCCOCCOCCOCCOCCOCCOCCOCCOCCOCCOc1ccc(N)cc1. The lowest BCUT2D eigenvalue weighted by Gasteiger charge is -2.09. The Bertz CT molecular complexity index is 794. The van der Waals surface area contributed by atoms with Crippen molar-refractivity contribution in [1.82, 2.24) is 0 Å². The summed E-state index contributed by atoms with van der Waals surface area (Å²) in [6.45, 7) is 15.6. The summed E-state index contributed by atoms with van der Waals surface area (Å²) in [7, 11) is 0. The minimum atomic E-state index is 0.475. The Kier molecular flexibility index (Phi) is 38.2. The first-order valence-electron chi connectivity index (χ1n) is 18.7. The fourth-order valence-electron chi connectivity index (χ4n) is 4.11. The molecule has 1 aromatic rings. The van der Waals surface area contributed by atoms with E-state index in [0.717, 1.165) is 18.8 Å². The quantitative estimate of drug-likeness (QED) is 0.0766. The molecular weight excluding hydrogens is 666 g/mol. The summed E-state index contributed by atoms with van der Waals surface area (Å²) in [5, 5.41) is 0. The van der Waals surface area contributed by atoms with Gasteiger partial charge in [-0.1, -0.05) is 32.6 Å². The second-order valence-corrected chi connectivity index (χ2v) is 11.2. The third-order valence-corrected chi connectivity index (χ3v) is 6.86. The van der Waals surface area contributed by atoms with Crippen molar-refractivity contribution in [2.45, 2.75) is 39.0 Å². The summed E-state index contributed by atoms with van der Waals surface area (Å²) in [5.74, 6) is 0.772. The van der Waals surface area contributed by atoms with Gasteiger partial charge in [-0.15, -0.1) is 0 Å². The molecule has 0 aliphatic heterocycles. The van der Waals surface area contributed by atoms with Crippen LogP contribution in [-0.4, -0.2) is 165 Å². The van der Waals surface area contributed by atoms with Crippen LogP contribution in [-0.2, 0) is 56.8 Å². The number of rotatable bonds is 43. The smallest absolute Gasteiger partial charge is 0.119 e. The lowest BCUT2D eigenvalue weighted by atomic mass is 10.2. The highest BCUT2D eigenvalue weighted by Gasteiger charge is 1.98. The van der Waals surface area contributed by atoms with Gasteiger partial charge in [0.25, 0.3) is 0 Å². The van der Waals surface area contributed by atoms with Crippen LogP contribution in [0.1, 0.15) is 39.0 Å². The van der Waals surface area contributed by atoms with Crippen molar-refractivity contribution in [2.75, 3.05) is 171 Å². The largest absolute Gasteiger partial charge is 0.491 e. The molecule has 300 valence electrons. The van der Waals surface area contributed by atoms with Gasteiger partial charge < -0.3 is 67.3 Å². The maximum absolute atomic E-state index is 5.65. The number of hydrogen-bond acceptors (Lipinski definition) is 14. The summed E-state index contributed by atoms with van der Waals surface area (Å²) in [6.07, 6.45) is 6.27. The highest BCUT2D eigenvalue weighted by atomic mass is 16.6. The fraction of sp³-hybridized carbons (Fsp3) is 0.838. The molecule has 0 unspecified atom stereocenters. The Morgan fingerprint density at radius 3 is 0.863 bits per heavy atom. The predicted octanol–water partition coefficient (Wildman–Crippen LogP) is 3.82. The van der Waals surface area contributed by atoms with Crippen LogP contribution in [0.2, 0.25) is 0 Å². The molecule has 0 heterocycles. The second kappa shape index (κ2) is 41.1. The van der Waals surface area contributed by atoms with Gasteiger partial charge >= 0.3 is 0 Å². The van der Waals surface area contributed by atoms with E-state index >= 15 is 0 Å². The zero-order valence-electron chi connectivity index (χ0n) is 31.4. The molecule has 1 rings (SSSR count). The van der Waals surface area contributed by atoms with Gasteiger partial charge in [-0.05, 0) is 30.7 Å². The van der Waals surface area contributed by atoms with Crippen LogP contribution in [0.4, 0.5) is 5.69 Å². The van der Waals surface area contributed by atoms with Crippen molar-refractivity contribution < 1.29 is 61.6 Å². The number of nitrogen functional groups attached to an aromatic ring is 1. The van der Waals surface area contributed by atoms with Crippen LogP contribution in [0.5, 0.6) is 5.75 Å². The molecule has 2 N–H and O–H groups in total. The van der Waals surface area contributed by atoms with Crippen molar-refractivity contribution >= 4 is 5.69 Å². The zero-order chi connectivity index (χ0) is 36.4. The van der Waals surface area contributed by atoms with Crippen LogP contribution in [0.3, 0.4) is 0 Å². The van der Waals surface area contributed by atoms with E-state index < -0.39 is 0 Å². The Morgan fingerprint density at radius 1 is 0.314 bits per heavy atom. The second-order valence-electron chi connectivity index (χ2n) is 11.2. The molecular formula is C37H69NO13. The number of anilines is 1. The molecule has 0 atom stereocenters. The van der Waals surface area contributed by atoms with E-state index in [1.165, 1.54) is 25.7 Å². The van der Waals surface area contributed by atoms with Crippen molar-refractivity contribution in [2.24, 2.45) is 0 Å². The summed E-state index contributed by atoms with van der Waals surface area (Å²) < 4.78 is 71.5. The van der Waals surface area contributed by atoms with Crippen LogP contribution in [0, 0.1) is 0 Å². The molecule has 0 aromatic heterocycles. The third kappa shape index (κ3) is 37.9. The molecule has 0 aliphatic carbocycles. The first-order valence-corrected chi connectivity index (χ1v) is 18.7. The highest BCUT2D eigenvalue weighted by Crippen LogP contribution is 2.12. The molecule has 0 bridgehead atoms. The molecule has 51 heavy (non-hydrogen) atoms. The summed E-state index contributed by atoms with van der Waals surface area (Å²) in [4.78, 5) is 0. The predicted molar refractivity (Wildman–Crippen MR) is 195 cm³/mol. The van der Waals surface area contributed by atoms with E-state index in [4.69, 9.17) is 67.3 Å². The maximum atomic E-state index is 5.65. The number of nitrogens with two attached hydrogens (primary N) is 1. The van der Waals surface area contributed by atoms with E-state index in [0.29, 0.717) is 164 Å². The van der Waals surface area contributed by atoms with Gasteiger partial charge in [0.15, 0.2) is 0 Å². The first-order chi connectivity index (χ1) is 25.3. The lowest BCUT2D eigenvalue weighted by molar-refractivity contribution is -0.0285. The monoisotopic (exact) mass is 735 g/mol.